The molecule has 1 heterocycles. The molecule has 0 radical (unpaired) electrons. The number of carboxylic acid groups (broad SMARTS) is 1. The van der Waals surface area contributed by atoms with Crippen LogP contribution in [0.25, 0.3) is 10.1 Å². The van der Waals surface area contributed by atoms with Gasteiger partial charge in [0, 0.05) is 15.1 Å². The molecule has 0 amide bonds. The van der Waals surface area contributed by atoms with Crippen LogP contribution in [-0.2, 0) is 0 Å². The quantitative estimate of drug-likeness (QED) is 0.862. The van der Waals surface area contributed by atoms with Crippen LogP contribution >= 0.6 is 38.9 Å². The van der Waals surface area contributed by atoms with Crippen LogP contribution in [0.15, 0.2) is 22.0 Å². The molecule has 0 unspecified atom stereocenters. The van der Waals surface area contributed by atoms with E-state index in [0.29, 0.717) is 14.4 Å². The minimum Gasteiger partial charge on any atom is -0.478 e. The summed E-state index contributed by atoms with van der Waals surface area (Å²) in [5, 5.41) is 10.3. The van der Waals surface area contributed by atoms with Crippen LogP contribution in [0.3, 0.4) is 0 Å². The summed E-state index contributed by atoms with van der Waals surface area (Å²) in [6, 6.07) is 5.18. The number of fused-ring (bicyclic) bond motifs is 1. The summed E-state index contributed by atoms with van der Waals surface area (Å²) in [6.45, 7) is 0. The largest absolute Gasteiger partial charge is 0.478 e. The van der Waals surface area contributed by atoms with E-state index in [1.165, 1.54) is 11.3 Å². The standard InChI is InChI=1S/C9H4BrClO2S/c10-8-7(9(12)13)5-2-1-4(11)3-6(5)14-8/h1-3H,(H,12,13). The molecule has 2 rings (SSSR count). The Morgan fingerprint density at radius 3 is 2.86 bits per heavy atom. The summed E-state index contributed by atoms with van der Waals surface area (Å²) in [6.07, 6.45) is 0. The van der Waals surface area contributed by atoms with Crippen molar-refractivity contribution in [2.75, 3.05) is 0 Å². The highest BCUT2D eigenvalue weighted by molar-refractivity contribution is 9.11. The van der Waals surface area contributed by atoms with Gasteiger partial charge in [0.2, 0.25) is 0 Å². The van der Waals surface area contributed by atoms with E-state index >= 15 is 0 Å². The summed E-state index contributed by atoms with van der Waals surface area (Å²) in [5.74, 6) is -0.926. The highest BCUT2D eigenvalue weighted by atomic mass is 79.9. The maximum atomic E-state index is 10.9. The molecule has 1 N–H and O–H groups in total. The monoisotopic (exact) mass is 290 g/mol. The second-order valence-corrected chi connectivity index (χ2v) is 5.50. The number of halogens is 2. The van der Waals surface area contributed by atoms with Crippen LogP contribution < -0.4 is 0 Å². The molecule has 0 aliphatic rings. The molecule has 5 heteroatoms. The first-order chi connectivity index (χ1) is 6.59. The summed E-state index contributed by atoms with van der Waals surface area (Å²) in [5.41, 5.74) is 0.307. The predicted molar refractivity (Wildman–Crippen MR) is 61.5 cm³/mol. The van der Waals surface area contributed by atoms with Gasteiger partial charge in [-0.3, -0.25) is 0 Å². The Morgan fingerprint density at radius 2 is 2.21 bits per heavy atom. The van der Waals surface area contributed by atoms with Crippen molar-refractivity contribution in [3.8, 4) is 0 Å². The minimum absolute atomic E-state index is 0.307. The fraction of sp³-hybridized carbons (Fsp3) is 0. The zero-order chi connectivity index (χ0) is 10.3. The number of hydrogen-bond acceptors (Lipinski definition) is 2. The molecule has 0 saturated heterocycles. The van der Waals surface area contributed by atoms with Crippen molar-refractivity contribution in [2.45, 2.75) is 0 Å². The molecular formula is C9H4BrClO2S. The molecule has 72 valence electrons. The molecule has 0 bridgehead atoms. The Balaban J connectivity index is 2.84. The van der Waals surface area contributed by atoms with E-state index in [9.17, 15) is 4.79 Å². The van der Waals surface area contributed by atoms with E-state index in [1.54, 1.807) is 18.2 Å². The van der Waals surface area contributed by atoms with Gasteiger partial charge in [-0.05, 0) is 28.1 Å². The van der Waals surface area contributed by atoms with Crippen LogP contribution in [0, 0.1) is 0 Å². The first kappa shape index (κ1) is 9.96. The summed E-state index contributed by atoms with van der Waals surface area (Å²) in [7, 11) is 0. The van der Waals surface area contributed by atoms with Crippen molar-refractivity contribution in [1.82, 2.24) is 0 Å². The fourth-order valence-electron chi connectivity index (χ4n) is 1.24. The third-order valence-electron chi connectivity index (χ3n) is 1.82. The van der Waals surface area contributed by atoms with Crippen molar-refractivity contribution < 1.29 is 9.90 Å². The van der Waals surface area contributed by atoms with Crippen LogP contribution in [-0.4, -0.2) is 11.1 Å². The summed E-state index contributed by atoms with van der Waals surface area (Å²) >= 11 is 10.4. The fourth-order valence-corrected chi connectivity index (χ4v) is 3.34. The Morgan fingerprint density at radius 1 is 1.50 bits per heavy atom. The van der Waals surface area contributed by atoms with Crippen molar-refractivity contribution in [1.29, 1.82) is 0 Å². The topological polar surface area (TPSA) is 37.3 Å². The van der Waals surface area contributed by atoms with Gasteiger partial charge >= 0.3 is 5.97 Å². The number of hydrogen-bond donors (Lipinski definition) is 1. The van der Waals surface area contributed by atoms with Gasteiger partial charge in [-0.2, -0.15) is 0 Å². The van der Waals surface area contributed by atoms with E-state index in [2.05, 4.69) is 15.9 Å². The van der Waals surface area contributed by atoms with Gasteiger partial charge in [-0.25, -0.2) is 4.79 Å². The van der Waals surface area contributed by atoms with Gasteiger partial charge in [-0.15, -0.1) is 11.3 Å². The average Bonchev–Trinajstić information content (AvgIpc) is 2.39. The number of benzene rings is 1. The Bertz CT molecular complexity index is 521. The SMILES string of the molecule is O=C(O)c1c(Br)sc2cc(Cl)ccc12. The van der Waals surface area contributed by atoms with Crippen molar-refractivity contribution in [3.63, 3.8) is 0 Å². The molecule has 2 nitrogen and oxygen atoms in total. The predicted octanol–water partition coefficient (Wildman–Crippen LogP) is 4.02. The minimum atomic E-state index is -0.926. The van der Waals surface area contributed by atoms with Gasteiger partial charge in [0.25, 0.3) is 0 Å². The average molecular weight is 292 g/mol. The number of carboxylic acids is 1. The second-order valence-electron chi connectivity index (χ2n) is 2.70. The molecule has 0 fully saturated rings. The van der Waals surface area contributed by atoms with Crippen molar-refractivity contribution >= 4 is 54.9 Å². The molecule has 14 heavy (non-hydrogen) atoms. The molecule has 0 spiro atoms. The van der Waals surface area contributed by atoms with Crippen LogP contribution in [0.4, 0.5) is 0 Å². The van der Waals surface area contributed by atoms with Gasteiger partial charge in [0.05, 0.1) is 9.35 Å². The number of rotatable bonds is 1. The smallest absolute Gasteiger partial charge is 0.338 e. The zero-order valence-electron chi connectivity index (χ0n) is 6.75. The first-order valence-electron chi connectivity index (χ1n) is 3.70. The van der Waals surface area contributed by atoms with Crippen LogP contribution in [0.5, 0.6) is 0 Å². The van der Waals surface area contributed by atoms with E-state index < -0.39 is 5.97 Å². The molecule has 1 aromatic carbocycles. The molecule has 0 saturated carbocycles. The normalized spacial score (nSPS) is 10.7. The number of aromatic carboxylic acids is 1. The molecule has 0 atom stereocenters. The lowest BCUT2D eigenvalue weighted by Crippen LogP contribution is -1.94. The lowest BCUT2D eigenvalue weighted by molar-refractivity contribution is 0.0698. The van der Waals surface area contributed by atoms with Gasteiger partial charge in [0.1, 0.15) is 0 Å². The first-order valence-corrected chi connectivity index (χ1v) is 5.69. The molecule has 1 aromatic heterocycles. The number of thiophene rings is 1. The Hall–Kier alpha value is -0.580. The third-order valence-corrected chi connectivity index (χ3v) is 3.88. The maximum absolute atomic E-state index is 10.9. The van der Waals surface area contributed by atoms with Gasteiger partial charge in [0.15, 0.2) is 0 Å². The van der Waals surface area contributed by atoms with E-state index in [1.807, 2.05) is 0 Å². The Kier molecular flexibility index (Phi) is 2.51. The van der Waals surface area contributed by atoms with Crippen LogP contribution in [0.1, 0.15) is 10.4 Å². The van der Waals surface area contributed by atoms with E-state index in [-0.39, 0.29) is 0 Å². The van der Waals surface area contributed by atoms with Gasteiger partial charge in [-0.1, -0.05) is 17.7 Å². The highest BCUT2D eigenvalue weighted by Crippen LogP contribution is 2.36. The molecule has 2 aromatic rings. The van der Waals surface area contributed by atoms with Crippen LogP contribution in [0.2, 0.25) is 5.02 Å². The number of carbonyl (C=O) groups is 1. The van der Waals surface area contributed by atoms with Crippen molar-refractivity contribution in [2.24, 2.45) is 0 Å². The van der Waals surface area contributed by atoms with Gasteiger partial charge < -0.3 is 5.11 Å². The Labute approximate surface area is 97.2 Å². The molecule has 0 aliphatic heterocycles. The van der Waals surface area contributed by atoms with E-state index in [4.69, 9.17) is 16.7 Å². The lowest BCUT2D eigenvalue weighted by Gasteiger charge is -1.93. The molecule has 0 aliphatic carbocycles. The van der Waals surface area contributed by atoms with Crippen molar-refractivity contribution in [3.05, 3.63) is 32.6 Å². The summed E-state index contributed by atoms with van der Waals surface area (Å²) in [4.78, 5) is 10.9. The second kappa shape index (κ2) is 3.53. The van der Waals surface area contributed by atoms with E-state index in [0.717, 1.165) is 10.1 Å². The highest BCUT2D eigenvalue weighted by Gasteiger charge is 2.16. The zero-order valence-corrected chi connectivity index (χ0v) is 9.91. The molecular weight excluding hydrogens is 288 g/mol. The summed E-state index contributed by atoms with van der Waals surface area (Å²) < 4.78 is 1.50. The maximum Gasteiger partial charge on any atom is 0.338 e. The third kappa shape index (κ3) is 1.54. The lowest BCUT2D eigenvalue weighted by atomic mass is 10.2.